The van der Waals surface area contributed by atoms with Gasteiger partial charge in [0.1, 0.15) is 6.07 Å². The van der Waals surface area contributed by atoms with Crippen LogP contribution >= 0.6 is 11.8 Å². The summed E-state index contributed by atoms with van der Waals surface area (Å²) < 4.78 is 10.00. The monoisotopic (exact) mass is 495 g/mol. The fourth-order valence-corrected chi connectivity index (χ4v) is 5.73. The van der Waals surface area contributed by atoms with E-state index in [2.05, 4.69) is 43.0 Å². The Balaban J connectivity index is 1.38. The van der Waals surface area contributed by atoms with Crippen molar-refractivity contribution in [2.24, 2.45) is 0 Å². The molecule has 1 N–H and O–H groups in total. The fraction of sp³-hybridized carbons (Fsp3) is 0.259. The third-order valence-corrected chi connectivity index (χ3v) is 7.54. The minimum atomic E-state index is 0.135. The zero-order valence-corrected chi connectivity index (χ0v) is 20.7. The minimum absolute atomic E-state index is 0.135. The van der Waals surface area contributed by atoms with Crippen molar-refractivity contribution >= 4 is 22.7 Å². The molecule has 0 bridgehead atoms. The smallest absolute Gasteiger partial charge is 0.191 e. The summed E-state index contributed by atoms with van der Waals surface area (Å²) in [7, 11) is 0. The first-order chi connectivity index (χ1) is 17.7. The molecular formula is C27H25N7OS. The molecular weight excluding hydrogens is 470 g/mol. The Kier molecular flexibility index (Phi) is 6.05. The third kappa shape index (κ3) is 4.08. The molecule has 1 saturated heterocycles. The maximum atomic E-state index is 9.86. The highest BCUT2D eigenvalue weighted by Crippen LogP contribution is 2.33. The van der Waals surface area contributed by atoms with Crippen molar-refractivity contribution < 1.29 is 4.74 Å². The van der Waals surface area contributed by atoms with Crippen LogP contribution in [-0.2, 0) is 17.0 Å². The molecule has 1 aliphatic heterocycles. The van der Waals surface area contributed by atoms with Gasteiger partial charge in [-0.1, -0.05) is 48.2 Å². The molecule has 1 fully saturated rings. The number of para-hydroxylation sites is 2. The van der Waals surface area contributed by atoms with Gasteiger partial charge < -0.3 is 9.72 Å². The van der Waals surface area contributed by atoms with E-state index in [4.69, 9.17) is 4.74 Å². The van der Waals surface area contributed by atoms with Crippen molar-refractivity contribution in [2.45, 2.75) is 43.3 Å². The molecule has 36 heavy (non-hydrogen) atoms. The van der Waals surface area contributed by atoms with Gasteiger partial charge in [0.05, 0.1) is 35.3 Å². The number of H-pyrrole nitrogens is 1. The van der Waals surface area contributed by atoms with Gasteiger partial charge in [-0.3, -0.25) is 4.57 Å². The summed E-state index contributed by atoms with van der Waals surface area (Å²) in [5.41, 5.74) is 5.19. The van der Waals surface area contributed by atoms with Crippen LogP contribution in [-0.4, -0.2) is 42.2 Å². The number of hydrogen-bond acceptors (Lipinski definition) is 6. The number of hydrogen-bond donors (Lipinski definition) is 1. The molecule has 4 heterocycles. The summed E-state index contributed by atoms with van der Waals surface area (Å²) in [5, 5.41) is 25.7. The molecule has 6 rings (SSSR count). The van der Waals surface area contributed by atoms with E-state index in [-0.39, 0.29) is 6.10 Å². The van der Waals surface area contributed by atoms with Crippen LogP contribution in [0.15, 0.2) is 66.0 Å². The van der Waals surface area contributed by atoms with Crippen LogP contribution in [0.1, 0.15) is 29.8 Å². The highest BCUT2D eigenvalue weighted by molar-refractivity contribution is 7.98. The van der Waals surface area contributed by atoms with Gasteiger partial charge in [0.2, 0.25) is 0 Å². The van der Waals surface area contributed by atoms with Gasteiger partial charge in [-0.2, -0.15) is 10.4 Å². The van der Waals surface area contributed by atoms with E-state index in [1.807, 2.05) is 60.3 Å². The summed E-state index contributed by atoms with van der Waals surface area (Å²) >= 11 is 1.57. The van der Waals surface area contributed by atoms with Crippen LogP contribution in [0.25, 0.3) is 28.0 Å². The predicted octanol–water partition coefficient (Wildman–Crippen LogP) is 5.26. The summed E-state index contributed by atoms with van der Waals surface area (Å²) in [6.45, 7) is 3.35. The first-order valence-corrected chi connectivity index (χ1v) is 13.0. The topological polar surface area (TPSA) is 97.3 Å². The molecule has 1 aliphatic rings. The van der Waals surface area contributed by atoms with Gasteiger partial charge in [-0.15, -0.1) is 10.2 Å². The lowest BCUT2D eigenvalue weighted by atomic mass is 10.1. The maximum Gasteiger partial charge on any atom is 0.191 e. The molecule has 2 aromatic carbocycles. The quantitative estimate of drug-likeness (QED) is 0.309. The lowest BCUT2D eigenvalue weighted by Crippen LogP contribution is -2.16. The SMILES string of the molecule is Cc1nn(-c2ccccc2)c(CSc2nnc(-c3c[nH]c4ccccc34)n2CC2CCCO2)c1C#N. The van der Waals surface area contributed by atoms with Crippen molar-refractivity contribution in [1.82, 2.24) is 29.5 Å². The molecule has 1 atom stereocenters. The second kappa shape index (κ2) is 9.64. The van der Waals surface area contributed by atoms with Gasteiger partial charge in [0, 0.05) is 35.0 Å². The number of fused-ring (bicyclic) bond motifs is 1. The Bertz CT molecular complexity index is 1550. The number of nitriles is 1. The zero-order valence-electron chi connectivity index (χ0n) is 19.9. The van der Waals surface area contributed by atoms with Crippen molar-refractivity contribution in [1.29, 1.82) is 5.26 Å². The number of benzene rings is 2. The van der Waals surface area contributed by atoms with Crippen molar-refractivity contribution in [3.8, 4) is 23.1 Å². The van der Waals surface area contributed by atoms with Crippen molar-refractivity contribution in [3.05, 3.63) is 77.7 Å². The van der Waals surface area contributed by atoms with E-state index in [0.717, 1.165) is 64.0 Å². The standard InChI is InChI=1S/C27H25N7OS/c1-18-22(14-28)25(34(32-18)19-8-3-2-4-9-19)17-36-27-31-30-26(33(27)16-20-10-7-13-35-20)23-15-29-24-12-6-5-11-21(23)24/h2-6,8-9,11-12,15,20,29H,7,10,13,16-17H2,1H3. The van der Waals surface area contributed by atoms with Crippen LogP contribution < -0.4 is 0 Å². The Hall–Kier alpha value is -3.87. The third-order valence-electron chi connectivity index (χ3n) is 6.56. The van der Waals surface area contributed by atoms with Crippen LogP contribution in [0.4, 0.5) is 0 Å². The molecule has 0 saturated carbocycles. The number of nitrogens with one attached hydrogen (secondary N) is 1. The van der Waals surface area contributed by atoms with Gasteiger partial charge in [-0.05, 0) is 38.0 Å². The summed E-state index contributed by atoms with van der Waals surface area (Å²) in [6, 6.07) is 20.5. The van der Waals surface area contributed by atoms with E-state index < -0.39 is 0 Å². The Labute approximate surface area is 212 Å². The first-order valence-electron chi connectivity index (χ1n) is 12.0. The summed E-state index contributed by atoms with van der Waals surface area (Å²) in [4.78, 5) is 3.35. The average Bonchev–Trinajstić information content (AvgIpc) is 3.70. The van der Waals surface area contributed by atoms with E-state index in [9.17, 15) is 5.26 Å². The number of nitrogens with zero attached hydrogens (tertiary/aromatic N) is 6. The van der Waals surface area contributed by atoms with Gasteiger partial charge in [0.15, 0.2) is 11.0 Å². The number of ether oxygens (including phenoxy) is 1. The summed E-state index contributed by atoms with van der Waals surface area (Å²) in [6.07, 6.45) is 4.22. The van der Waals surface area contributed by atoms with Crippen LogP contribution in [0.2, 0.25) is 0 Å². The fourth-order valence-electron chi connectivity index (χ4n) is 4.78. The van der Waals surface area contributed by atoms with E-state index in [1.54, 1.807) is 11.8 Å². The largest absolute Gasteiger partial charge is 0.376 e. The number of aromatic amines is 1. The van der Waals surface area contributed by atoms with E-state index in [1.165, 1.54) is 0 Å². The Morgan fingerprint density at radius 2 is 1.97 bits per heavy atom. The van der Waals surface area contributed by atoms with Crippen LogP contribution in [0.3, 0.4) is 0 Å². The summed E-state index contributed by atoms with van der Waals surface area (Å²) in [5.74, 6) is 1.36. The molecule has 3 aromatic heterocycles. The van der Waals surface area contributed by atoms with Crippen molar-refractivity contribution in [3.63, 3.8) is 0 Å². The van der Waals surface area contributed by atoms with Gasteiger partial charge >= 0.3 is 0 Å². The number of aryl methyl sites for hydroxylation is 1. The van der Waals surface area contributed by atoms with E-state index >= 15 is 0 Å². The Morgan fingerprint density at radius 1 is 1.14 bits per heavy atom. The Morgan fingerprint density at radius 3 is 2.78 bits per heavy atom. The molecule has 8 nitrogen and oxygen atoms in total. The highest BCUT2D eigenvalue weighted by Gasteiger charge is 2.24. The normalized spacial score (nSPS) is 15.5. The lowest BCUT2D eigenvalue weighted by Gasteiger charge is -2.15. The number of rotatable bonds is 7. The van der Waals surface area contributed by atoms with Gasteiger partial charge in [-0.25, -0.2) is 4.68 Å². The average molecular weight is 496 g/mol. The number of thioether (sulfide) groups is 1. The molecule has 9 heteroatoms. The van der Waals surface area contributed by atoms with Crippen molar-refractivity contribution in [2.75, 3.05) is 6.61 Å². The zero-order chi connectivity index (χ0) is 24.5. The molecule has 1 unspecified atom stereocenters. The van der Waals surface area contributed by atoms with Crippen LogP contribution in [0, 0.1) is 18.3 Å². The first kappa shape index (κ1) is 22.6. The maximum absolute atomic E-state index is 9.86. The molecule has 0 radical (unpaired) electrons. The lowest BCUT2D eigenvalue weighted by molar-refractivity contribution is 0.0953. The molecule has 0 aliphatic carbocycles. The highest BCUT2D eigenvalue weighted by atomic mass is 32.2. The molecule has 0 amide bonds. The van der Waals surface area contributed by atoms with E-state index in [0.29, 0.717) is 17.9 Å². The second-order valence-electron chi connectivity index (χ2n) is 8.85. The number of aromatic nitrogens is 6. The van der Waals surface area contributed by atoms with Crippen LogP contribution in [0.5, 0.6) is 0 Å². The molecule has 0 spiro atoms. The predicted molar refractivity (Wildman–Crippen MR) is 139 cm³/mol. The molecule has 5 aromatic rings. The molecule has 180 valence electrons. The minimum Gasteiger partial charge on any atom is -0.376 e. The second-order valence-corrected chi connectivity index (χ2v) is 9.80. The van der Waals surface area contributed by atoms with Gasteiger partial charge in [0.25, 0.3) is 0 Å².